The van der Waals surface area contributed by atoms with E-state index in [-0.39, 0.29) is 18.2 Å². The van der Waals surface area contributed by atoms with Crippen LogP contribution < -0.4 is 5.32 Å². The number of carbonyl (C=O) groups excluding carboxylic acids is 1. The molecule has 1 aromatic rings. The molecule has 0 bridgehead atoms. The van der Waals surface area contributed by atoms with Crippen LogP contribution in [0.1, 0.15) is 39.2 Å². The van der Waals surface area contributed by atoms with Gasteiger partial charge >= 0.3 is 6.09 Å². The number of ether oxygens (including phenoxy) is 2. The lowest BCUT2D eigenvalue weighted by atomic mass is 10.0. The third kappa shape index (κ3) is 5.93. The number of nitrogens with zero attached hydrogens (tertiary/aromatic N) is 2. The van der Waals surface area contributed by atoms with E-state index in [4.69, 9.17) is 9.47 Å². The highest BCUT2D eigenvalue weighted by molar-refractivity contribution is 5.68. The molecule has 1 aromatic carbocycles. The Morgan fingerprint density at radius 2 is 1.82 bits per heavy atom. The highest BCUT2D eigenvalue weighted by atomic mass is 16.6. The molecule has 28 heavy (non-hydrogen) atoms. The minimum atomic E-state index is -0.490. The van der Waals surface area contributed by atoms with Gasteiger partial charge in [-0.3, -0.25) is 9.80 Å². The van der Waals surface area contributed by atoms with Crippen LogP contribution in [0, 0.1) is 0 Å². The number of nitrogens with one attached hydrogen (secondary N) is 1. The Kier molecular flexibility index (Phi) is 6.96. The van der Waals surface area contributed by atoms with E-state index in [2.05, 4.69) is 45.4 Å². The summed E-state index contributed by atoms with van der Waals surface area (Å²) in [5, 5.41) is 3.01. The van der Waals surface area contributed by atoms with Gasteiger partial charge in [0.25, 0.3) is 0 Å². The molecule has 156 valence electrons. The second-order valence-corrected chi connectivity index (χ2v) is 8.97. The van der Waals surface area contributed by atoms with Crippen molar-refractivity contribution in [3.8, 4) is 0 Å². The zero-order chi connectivity index (χ0) is 20.1. The molecule has 3 rings (SSSR count). The van der Waals surface area contributed by atoms with Crippen molar-refractivity contribution < 1.29 is 14.3 Å². The summed E-state index contributed by atoms with van der Waals surface area (Å²) in [5.41, 5.74) is 0.888. The average Bonchev–Trinajstić information content (AvgIpc) is 3.04. The second-order valence-electron chi connectivity index (χ2n) is 8.97. The van der Waals surface area contributed by atoms with Crippen LogP contribution >= 0.6 is 0 Å². The minimum Gasteiger partial charge on any atom is -0.444 e. The third-order valence-corrected chi connectivity index (χ3v) is 5.62. The van der Waals surface area contributed by atoms with Crippen molar-refractivity contribution >= 4 is 6.09 Å². The maximum absolute atomic E-state index is 12.2. The Bertz CT molecular complexity index is 624. The molecule has 0 unspecified atom stereocenters. The van der Waals surface area contributed by atoms with Gasteiger partial charge < -0.3 is 14.8 Å². The maximum Gasteiger partial charge on any atom is 0.408 e. The van der Waals surface area contributed by atoms with Crippen LogP contribution in [0.15, 0.2) is 30.3 Å². The van der Waals surface area contributed by atoms with E-state index in [0.29, 0.717) is 6.04 Å². The summed E-state index contributed by atoms with van der Waals surface area (Å²) in [6, 6.07) is 11.2. The molecule has 2 saturated heterocycles. The lowest BCUT2D eigenvalue weighted by Crippen LogP contribution is -2.46. The number of alkyl carbamates (subject to hydrolysis) is 1. The van der Waals surface area contributed by atoms with Crippen LogP contribution in [0.3, 0.4) is 0 Å². The van der Waals surface area contributed by atoms with Crippen molar-refractivity contribution in [2.45, 2.75) is 63.9 Å². The fourth-order valence-corrected chi connectivity index (χ4v) is 4.22. The summed E-state index contributed by atoms with van der Waals surface area (Å²) < 4.78 is 11.1. The molecule has 1 amide bonds. The van der Waals surface area contributed by atoms with Crippen molar-refractivity contribution in [3.63, 3.8) is 0 Å². The zero-order valence-electron chi connectivity index (χ0n) is 17.7. The van der Waals surface area contributed by atoms with E-state index >= 15 is 0 Å². The Balaban J connectivity index is 1.48. The van der Waals surface area contributed by atoms with E-state index < -0.39 is 5.60 Å². The van der Waals surface area contributed by atoms with Crippen molar-refractivity contribution in [2.24, 2.45) is 0 Å². The first-order chi connectivity index (χ1) is 13.3. The molecule has 2 atom stereocenters. The zero-order valence-corrected chi connectivity index (χ0v) is 17.7. The lowest BCUT2D eigenvalue weighted by Gasteiger charge is -2.36. The topological polar surface area (TPSA) is 54.0 Å². The van der Waals surface area contributed by atoms with Gasteiger partial charge in [0.15, 0.2) is 0 Å². The predicted octanol–water partition coefficient (Wildman–Crippen LogP) is 2.87. The largest absolute Gasteiger partial charge is 0.444 e. The number of amides is 1. The number of rotatable bonds is 5. The Hall–Kier alpha value is -1.63. The van der Waals surface area contributed by atoms with Crippen molar-refractivity contribution in [1.29, 1.82) is 0 Å². The summed E-state index contributed by atoms with van der Waals surface area (Å²) in [5.74, 6) is 0. The van der Waals surface area contributed by atoms with Crippen molar-refractivity contribution in [2.75, 3.05) is 33.3 Å². The first-order valence-electron chi connectivity index (χ1n) is 10.4. The molecule has 0 aromatic heterocycles. The van der Waals surface area contributed by atoms with Gasteiger partial charge in [-0.15, -0.1) is 0 Å². The summed E-state index contributed by atoms with van der Waals surface area (Å²) in [6.07, 6.45) is 1.96. The van der Waals surface area contributed by atoms with Crippen LogP contribution in [0.2, 0.25) is 0 Å². The van der Waals surface area contributed by atoms with Gasteiger partial charge in [0, 0.05) is 32.8 Å². The Labute approximate surface area is 169 Å². The van der Waals surface area contributed by atoms with Crippen molar-refractivity contribution in [1.82, 2.24) is 15.1 Å². The molecule has 0 saturated carbocycles. The molecule has 1 N–H and O–H groups in total. The third-order valence-electron chi connectivity index (χ3n) is 5.62. The van der Waals surface area contributed by atoms with E-state index in [9.17, 15) is 4.79 Å². The first kappa shape index (κ1) is 21.1. The van der Waals surface area contributed by atoms with Gasteiger partial charge in [0.2, 0.25) is 0 Å². The molecule has 2 heterocycles. The molecule has 6 nitrogen and oxygen atoms in total. The quantitative estimate of drug-likeness (QED) is 0.839. The first-order valence-corrected chi connectivity index (χ1v) is 10.4. The van der Waals surface area contributed by atoms with Gasteiger partial charge in [-0.05, 0) is 52.3 Å². The maximum atomic E-state index is 12.2. The highest BCUT2D eigenvalue weighted by Gasteiger charge is 2.38. The molecule has 2 fully saturated rings. The summed E-state index contributed by atoms with van der Waals surface area (Å²) in [7, 11) is 1.72. The van der Waals surface area contributed by atoms with Gasteiger partial charge in [0.1, 0.15) is 5.60 Å². The fraction of sp³-hybridized carbons (Fsp3) is 0.682. The van der Waals surface area contributed by atoms with Crippen LogP contribution in [0.4, 0.5) is 4.79 Å². The summed E-state index contributed by atoms with van der Waals surface area (Å²) in [6.45, 7) is 10.6. The van der Waals surface area contributed by atoms with Crippen LogP contribution in [0.25, 0.3) is 0 Å². The van der Waals surface area contributed by atoms with E-state index in [1.165, 1.54) is 5.56 Å². The Morgan fingerprint density at radius 1 is 1.14 bits per heavy atom. The standard InChI is InChI=1S/C22H35N3O3/c1-22(2,3)28-21(26)23-19-15-25(16-20(19)27-4)18-10-12-24(13-11-18)14-17-8-6-5-7-9-17/h5-9,18-20H,10-16H2,1-4H3,(H,23,26)/t19-,20-/m1/s1. The molecule has 6 heteroatoms. The molecule has 2 aliphatic heterocycles. The molecule has 2 aliphatic rings. The van der Waals surface area contributed by atoms with Crippen molar-refractivity contribution in [3.05, 3.63) is 35.9 Å². The van der Waals surface area contributed by atoms with Crippen LogP contribution in [0.5, 0.6) is 0 Å². The number of likely N-dealkylation sites (tertiary alicyclic amines) is 2. The fourth-order valence-electron chi connectivity index (χ4n) is 4.22. The smallest absolute Gasteiger partial charge is 0.408 e. The number of benzene rings is 1. The van der Waals surface area contributed by atoms with Gasteiger partial charge in [-0.25, -0.2) is 4.79 Å². The van der Waals surface area contributed by atoms with E-state index in [0.717, 1.165) is 45.6 Å². The van der Waals surface area contributed by atoms with Crippen LogP contribution in [-0.4, -0.2) is 73.0 Å². The predicted molar refractivity (Wildman–Crippen MR) is 110 cm³/mol. The summed E-state index contributed by atoms with van der Waals surface area (Å²) in [4.78, 5) is 17.2. The normalized spacial score (nSPS) is 25.0. The molecule has 0 radical (unpaired) electrons. The highest BCUT2D eigenvalue weighted by Crippen LogP contribution is 2.24. The minimum absolute atomic E-state index is 0.00914. The van der Waals surface area contributed by atoms with E-state index in [1.807, 2.05) is 20.8 Å². The monoisotopic (exact) mass is 389 g/mol. The number of methoxy groups -OCH3 is 1. The average molecular weight is 390 g/mol. The number of hydrogen-bond donors (Lipinski definition) is 1. The molecule has 0 aliphatic carbocycles. The lowest BCUT2D eigenvalue weighted by molar-refractivity contribution is 0.0412. The van der Waals surface area contributed by atoms with Gasteiger partial charge in [0.05, 0.1) is 12.1 Å². The molecular formula is C22H35N3O3. The van der Waals surface area contributed by atoms with Crippen LogP contribution in [-0.2, 0) is 16.0 Å². The Morgan fingerprint density at radius 3 is 2.43 bits per heavy atom. The van der Waals surface area contributed by atoms with Gasteiger partial charge in [-0.1, -0.05) is 30.3 Å². The molecule has 0 spiro atoms. The number of piperidine rings is 1. The SMILES string of the molecule is CO[C@@H]1CN(C2CCN(Cc3ccccc3)CC2)C[C@H]1NC(=O)OC(C)(C)C. The number of hydrogen-bond acceptors (Lipinski definition) is 5. The number of carbonyl (C=O) groups is 1. The van der Waals surface area contributed by atoms with Gasteiger partial charge in [-0.2, -0.15) is 0 Å². The summed E-state index contributed by atoms with van der Waals surface area (Å²) >= 11 is 0. The van der Waals surface area contributed by atoms with E-state index in [1.54, 1.807) is 7.11 Å². The molecular weight excluding hydrogens is 354 g/mol. The second kappa shape index (κ2) is 9.25.